The summed E-state index contributed by atoms with van der Waals surface area (Å²) in [5, 5.41) is 0. The molecule has 0 fully saturated rings. The van der Waals surface area contributed by atoms with Crippen molar-refractivity contribution in [1.29, 1.82) is 0 Å². The Balaban J connectivity index is 2.73. The number of carbonyl (C=O) groups is 1. The first-order valence-electron chi connectivity index (χ1n) is 3.90. The molecule has 0 amide bonds. The molecule has 0 aliphatic carbocycles. The monoisotopic (exact) mass is 196 g/mol. The number of benzene rings is 1. The lowest BCUT2D eigenvalue weighted by molar-refractivity contribution is -0.428. The maximum Gasteiger partial charge on any atom is 0.513 e. The van der Waals surface area contributed by atoms with Crippen LogP contribution < -0.4 is 4.74 Å². The van der Waals surface area contributed by atoms with Gasteiger partial charge in [0.05, 0.1) is 7.11 Å². The molecule has 0 aliphatic heterocycles. The molecular weight excluding hydrogens is 186 g/mol. The summed E-state index contributed by atoms with van der Waals surface area (Å²) in [5.41, 5.74) is 0.488. The van der Waals surface area contributed by atoms with E-state index in [9.17, 15) is 9.70 Å². The Kier molecular flexibility index (Phi) is 3.17. The second-order valence-corrected chi connectivity index (χ2v) is 2.55. The van der Waals surface area contributed by atoms with Gasteiger partial charge in [-0.1, -0.05) is 0 Å². The molecule has 1 aromatic carbocycles. The number of rotatable bonds is 2. The van der Waals surface area contributed by atoms with Gasteiger partial charge in [-0.25, -0.2) is 4.79 Å². The molecule has 1 aromatic rings. The molecule has 0 aromatic heterocycles. The Morgan fingerprint density at radius 3 is 2.29 bits per heavy atom. The number of hydrogen-bond acceptors (Lipinski definition) is 4. The van der Waals surface area contributed by atoms with Gasteiger partial charge >= 0.3 is 6.16 Å². The third kappa shape index (κ3) is 2.55. The highest BCUT2D eigenvalue weighted by atomic mass is 16.7. The maximum atomic E-state index is 10.8. The molecule has 0 aliphatic rings. The molecule has 0 radical (unpaired) electrons. The van der Waals surface area contributed by atoms with Crippen LogP contribution in [0.5, 0.6) is 5.75 Å². The molecule has 5 nitrogen and oxygen atoms in total. The smallest absolute Gasteiger partial charge is 0.437 e. The largest absolute Gasteiger partial charge is 0.513 e. The number of ether oxygens (including phenoxy) is 2. The number of nitroso groups, excluding NO2 is 1. The van der Waals surface area contributed by atoms with Gasteiger partial charge in [0.1, 0.15) is 5.75 Å². The van der Waals surface area contributed by atoms with Crippen LogP contribution in [0, 0.1) is 4.91 Å². The van der Waals surface area contributed by atoms with Crippen molar-refractivity contribution in [3.63, 3.8) is 0 Å². The second-order valence-electron chi connectivity index (χ2n) is 2.55. The Morgan fingerprint density at radius 1 is 1.29 bits per heavy atom. The summed E-state index contributed by atoms with van der Waals surface area (Å²) in [6.07, 6.45) is -0.784. The Labute approximate surface area is 80.8 Å². The molecule has 14 heavy (non-hydrogen) atoms. The van der Waals surface area contributed by atoms with Crippen molar-refractivity contribution in [2.24, 2.45) is 0 Å². The number of nitrogens with zero attached hydrogens (tertiary/aromatic N) is 1. The quantitative estimate of drug-likeness (QED) is 0.411. The van der Waals surface area contributed by atoms with Crippen LogP contribution in [0.4, 0.5) is 10.5 Å². The van der Waals surface area contributed by atoms with Crippen LogP contribution >= 0.6 is 0 Å². The van der Waals surface area contributed by atoms with Gasteiger partial charge < -0.3 is 9.47 Å². The summed E-state index contributed by atoms with van der Waals surface area (Å²) in [5.74, 6) is 0.336. The third-order valence-electron chi connectivity index (χ3n) is 1.57. The minimum Gasteiger partial charge on any atom is -0.437 e. The van der Waals surface area contributed by atoms with Gasteiger partial charge in [0.2, 0.25) is 0 Å². The molecule has 0 atom stereocenters. The molecule has 1 rings (SSSR count). The topological polar surface area (TPSA) is 55.6 Å². The first-order chi connectivity index (χ1) is 6.63. The predicted octanol–water partition coefficient (Wildman–Crippen LogP) is 1.87. The molecular formula is C9H10NO4+. The van der Waals surface area contributed by atoms with Crippen molar-refractivity contribution in [1.82, 2.24) is 0 Å². The second kappa shape index (κ2) is 4.36. The average Bonchev–Trinajstić information content (AvgIpc) is 2.18. The van der Waals surface area contributed by atoms with Gasteiger partial charge in [0.15, 0.2) is 7.05 Å². The van der Waals surface area contributed by atoms with E-state index >= 15 is 0 Å². The van der Waals surface area contributed by atoms with Crippen molar-refractivity contribution in [2.45, 2.75) is 0 Å². The summed E-state index contributed by atoms with van der Waals surface area (Å²) in [6.45, 7) is 0. The number of hydrogen-bond donors (Lipinski definition) is 0. The lowest BCUT2D eigenvalue weighted by Gasteiger charge is -2.00. The van der Waals surface area contributed by atoms with E-state index in [0.717, 1.165) is 0 Å². The normalized spacial score (nSPS) is 9.29. The molecule has 0 heterocycles. The van der Waals surface area contributed by atoms with E-state index in [1.165, 1.54) is 26.3 Å². The summed E-state index contributed by atoms with van der Waals surface area (Å²) in [4.78, 5) is 21.5. The molecule has 0 N–H and O–H groups in total. The molecule has 0 spiro atoms. The highest BCUT2D eigenvalue weighted by Gasteiger charge is 2.08. The highest BCUT2D eigenvalue weighted by molar-refractivity contribution is 5.63. The van der Waals surface area contributed by atoms with Crippen molar-refractivity contribution in [3.8, 4) is 5.75 Å². The third-order valence-corrected chi connectivity index (χ3v) is 1.57. The molecule has 0 bridgehead atoms. The summed E-state index contributed by atoms with van der Waals surface area (Å²) in [7, 11) is 2.61. The van der Waals surface area contributed by atoms with Gasteiger partial charge in [-0.15, -0.1) is 0 Å². The lowest BCUT2D eigenvalue weighted by Crippen LogP contribution is -2.07. The van der Waals surface area contributed by atoms with E-state index < -0.39 is 6.16 Å². The molecule has 0 unspecified atom stereocenters. The predicted molar refractivity (Wildman–Crippen MR) is 48.7 cm³/mol. The van der Waals surface area contributed by atoms with Gasteiger partial charge in [-0.3, -0.25) is 0 Å². The Bertz CT molecular complexity index is 344. The fourth-order valence-electron chi connectivity index (χ4n) is 0.862. The van der Waals surface area contributed by atoms with Crippen LogP contribution in [0.25, 0.3) is 0 Å². The van der Waals surface area contributed by atoms with Gasteiger partial charge in [0, 0.05) is 21.8 Å². The molecule has 0 saturated heterocycles. The van der Waals surface area contributed by atoms with Crippen LogP contribution in [0.15, 0.2) is 24.3 Å². The number of methoxy groups -OCH3 is 1. The first-order valence-corrected chi connectivity index (χ1v) is 3.90. The van der Waals surface area contributed by atoms with E-state index in [1.807, 2.05) is 0 Å². The van der Waals surface area contributed by atoms with Crippen molar-refractivity contribution in [3.05, 3.63) is 29.2 Å². The van der Waals surface area contributed by atoms with Gasteiger partial charge in [-0.2, -0.15) is 0 Å². The van der Waals surface area contributed by atoms with E-state index in [-0.39, 0.29) is 0 Å². The first kappa shape index (κ1) is 10.2. The van der Waals surface area contributed by atoms with Crippen LogP contribution in [0.2, 0.25) is 0 Å². The fraction of sp³-hybridized carbons (Fsp3) is 0.222. The van der Waals surface area contributed by atoms with E-state index in [0.29, 0.717) is 16.2 Å². The maximum absolute atomic E-state index is 10.8. The SMILES string of the molecule is COC(=O)Oc1ccc([N+](C)=O)cc1. The summed E-state index contributed by atoms with van der Waals surface area (Å²) >= 11 is 0. The van der Waals surface area contributed by atoms with E-state index in [1.54, 1.807) is 12.1 Å². The Hall–Kier alpha value is -1.91. The van der Waals surface area contributed by atoms with Gasteiger partial charge in [-0.05, 0) is 12.1 Å². The standard InChI is InChI=1S/C9H10NO4/c1-10(12)7-3-5-8(6-4-7)14-9(11)13-2/h3-6H,1-2H3/q+1. The molecule has 0 saturated carbocycles. The van der Waals surface area contributed by atoms with Crippen molar-refractivity contribution < 1.29 is 19.0 Å². The molecule has 5 heteroatoms. The lowest BCUT2D eigenvalue weighted by atomic mass is 10.3. The minimum absolute atomic E-state index is 0.336. The van der Waals surface area contributed by atoms with Crippen LogP contribution in [0.3, 0.4) is 0 Å². The minimum atomic E-state index is -0.784. The van der Waals surface area contributed by atoms with Crippen molar-refractivity contribution >= 4 is 11.8 Å². The highest BCUT2D eigenvalue weighted by Crippen LogP contribution is 2.17. The van der Waals surface area contributed by atoms with Crippen LogP contribution in [0.1, 0.15) is 0 Å². The summed E-state index contributed by atoms with van der Waals surface area (Å²) < 4.78 is 9.73. The van der Waals surface area contributed by atoms with E-state index in [4.69, 9.17) is 4.74 Å². The zero-order valence-electron chi connectivity index (χ0n) is 7.89. The average molecular weight is 196 g/mol. The summed E-state index contributed by atoms with van der Waals surface area (Å²) in [6, 6.07) is 6.12. The fourth-order valence-corrected chi connectivity index (χ4v) is 0.862. The van der Waals surface area contributed by atoms with Crippen LogP contribution in [-0.2, 0) is 4.74 Å². The van der Waals surface area contributed by atoms with Gasteiger partial charge in [0.25, 0.3) is 5.69 Å². The Morgan fingerprint density at radius 2 is 1.86 bits per heavy atom. The molecule has 74 valence electrons. The zero-order valence-corrected chi connectivity index (χ0v) is 7.89. The van der Waals surface area contributed by atoms with Crippen molar-refractivity contribution in [2.75, 3.05) is 14.2 Å². The van der Waals surface area contributed by atoms with E-state index in [2.05, 4.69) is 4.74 Å². The number of carbonyl (C=O) groups excluding carboxylic acids is 1. The zero-order chi connectivity index (χ0) is 10.6. The van der Waals surface area contributed by atoms with Crippen LogP contribution in [-0.4, -0.2) is 25.1 Å².